The molecule has 0 aromatic carbocycles. The Balaban J connectivity index is 3.75. The van der Waals surface area contributed by atoms with E-state index in [9.17, 15) is 10.2 Å². The SMILES string of the molecule is CCC(CC)(CO)CNCC(O)COCC(C)C. The van der Waals surface area contributed by atoms with E-state index in [4.69, 9.17) is 4.74 Å². The molecule has 0 bridgehead atoms. The molecule has 3 N–H and O–H groups in total. The predicted molar refractivity (Wildman–Crippen MR) is 74.6 cm³/mol. The molecule has 0 fully saturated rings. The molecule has 0 radical (unpaired) electrons. The van der Waals surface area contributed by atoms with E-state index in [0.29, 0.717) is 25.7 Å². The molecule has 0 spiro atoms. The quantitative estimate of drug-likeness (QED) is 0.526. The van der Waals surface area contributed by atoms with Crippen molar-refractivity contribution in [2.45, 2.75) is 46.6 Å². The molecule has 0 aliphatic heterocycles. The second kappa shape index (κ2) is 9.73. The van der Waals surface area contributed by atoms with Crippen LogP contribution in [0.2, 0.25) is 0 Å². The Morgan fingerprint density at radius 2 is 1.78 bits per heavy atom. The van der Waals surface area contributed by atoms with Crippen molar-refractivity contribution in [3.05, 3.63) is 0 Å². The lowest BCUT2D eigenvalue weighted by molar-refractivity contribution is 0.0232. The lowest BCUT2D eigenvalue weighted by atomic mass is 9.83. The summed E-state index contributed by atoms with van der Waals surface area (Å²) in [5.41, 5.74) is -0.0570. The van der Waals surface area contributed by atoms with Crippen LogP contribution in [0.5, 0.6) is 0 Å². The summed E-state index contributed by atoms with van der Waals surface area (Å²) in [5.74, 6) is 0.493. The summed E-state index contributed by atoms with van der Waals surface area (Å²) in [6.45, 7) is 10.8. The van der Waals surface area contributed by atoms with Crippen molar-refractivity contribution in [3.8, 4) is 0 Å². The maximum Gasteiger partial charge on any atom is 0.0897 e. The number of aliphatic hydroxyl groups excluding tert-OH is 2. The predicted octanol–water partition coefficient (Wildman–Crippen LogP) is 1.41. The summed E-state index contributed by atoms with van der Waals surface area (Å²) in [7, 11) is 0. The summed E-state index contributed by atoms with van der Waals surface area (Å²) >= 11 is 0. The maximum atomic E-state index is 9.73. The van der Waals surface area contributed by atoms with Crippen molar-refractivity contribution >= 4 is 0 Å². The summed E-state index contributed by atoms with van der Waals surface area (Å²) in [5, 5.41) is 22.4. The van der Waals surface area contributed by atoms with Crippen LogP contribution >= 0.6 is 0 Å². The molecular weight excluding hydrogens is 230 g/mol. The number of nitrogens with one attached hydrogen (secondary N) is 1. The van der Waals surface area contributed by atoms with E-state index in [1.165, 1.54) is 0 Å². The third-order valence-electron chi connectivity index (χ3n) is 3.48. The molecule has 110 valence electrons. The molecule has 0 rings (SSSR count). The minimum Gasteiger partial charge on any atom is -0.396 e. The second-order valence-corrected chi connectivity index (χ2v) is 5.58. The van der Waals surface area contributed by atoms with Gasteiger partial charge in [0.15, 0.2) is 0 Å². The van der Waals surface area contributed by atoms with Crippen molar-refractivity contribution in [1.29, 1.82) is 0 Å². The highest BCUT2D eigenvalue weighted by atomic mass is 16.5. The summed E-state index contributed by atoms with van der Waals surface area (Å²) in [6.07, 6.45) is 1.40. The van der Waals surface area contributed by atoms with Crippen LogP contribution in [0.4, 0.5) is 0 Å². The first-order valence-corrected chi connectivity index (χ1v) is 7.07. The van der Waals surface area contributed by atoms with E-state index in [1.54, 1.807) is 0 Å². The molecule has 0 saturated heterocycles. The highest BCUT2D eigenvalue weighted by Crippen LogP contribution is 2.24. The van der Waals surface area contributed by atoms with E-state index in [0.717, 1.165) is 19.4 Å². The van der Waals surface area contributed by atoms with Crippen LogP contribution in [0.1, 0.15) is 40.5 Å². The van der Waals surface area contributed by atoms with Gasteiger partial charge in [-0.15, -0.1) is 0 Å². The van der Waals surface area contributed by atoms with Gasteiger partial charge in [-0.2, -0.15) is 0 Å². The number of hydrogen-bond donors (Lipinski definition) is 3. The van der Waals surface area contributed by atoms with Gasteiger partial charge in [0.2, 0.25) is 0 Å². The van der Waals surface area contributed by atoms with Crippen molar-refractivity contribution in [2.75, 3.05) is 32.9 Å². The minimum absolute atomic E-state index is 0.0570. The third kappa shape index (κ3) is 7.31. The average Bonchev–Trinajstić information content (AvgIpc) is 2.35. The van der Waals surface area contributed by atoms with E-state index in [2.05, 4.69) is 33.0 Å². The first-order chi connectivity index (χ1) is 8.49. The van der Waals surface area contributed by atoms with Crippen molar-refractivity contribution in [1.82, 2.24) is 5.32 Å². The molecule has 0 heterocycles. The largest absolute Gasteiger partial charge is 0.396 e. The van der Waals surface area contributed by atoms with Crippen LogP contribution in [0.15, 0.2) is 0 Å². The fraction of sp³-hybridized carbons (Fsp3) is 1.00. The second-order valence-electron chi connectivity index (χ2n) is 5.58. The van der Waals surface area contributed by atoms with Crippen molar-refractivity contribution < 1.29 is 14.9 Å². The van der Waals surface area contributed by atoms with Crippen LogP contribution in [0.3, 0.4) is 0 Å². The van der Waals surface area contributed by atoms with Crippen LogP contribution in [0.25, 0.3) is 0 Å². The lowest BCUT2D eigenvalue weighted by Gasteiger charge is -2.30. The highest BCUT2D eigenvalue weighted by Gasteiger charge is 2.24. The average molecular weight is 261 g/mol. The molecule has 4 heteroatoms. The smallest absolute Gasteiger partial charge is 0.0897 e. The molecule has 1 unspecified atom stereocenters. The molecule has 0 saturated carbocycles. The van der Waals surface area contributed by atoms with Gasteiger partial charge in [0.25, 0.3) is 0 Å². The molecule has 0 aliphatic rings. The third-order valence-corrected chi connectivity index (χ3v) is 3.48. The summed E-state index contributed by atoms with van der Waals surface area (Å²) < 4.78 is 5.38. The highest BCUT2D eigenvalue weighted by molar-refractivity contribution is 4.78. The summed E-state index contributed by atoms with van der Waals surface area (Å²) in [4.78, 5) is 0. The Bertz CT molecular complexity index is 185. The monoisotopic (exact) mass is 261 g/mol. The van der Waals surface area contributed by atoms with E-state index in [-0.39, 0.29) is 12.0 Å². The van der Waals surface area contributed by atoms with Gasteiger partial charge < -0.3 is 20.3 Å². The first-order valence-electron chi connectivity index (χ1n) is 7.07. The molecule has 1 atom stereocenters. The van der Waals surface area contributed by atoms with Gasteiger partial charge in [-0.1, -0.05) is 27.7 Å². The fourth-order valence-corrected chi connectivity index (χ4v) is 1.78. The normalized spacial score (nSPS) is 14.2. The van der Waals surface area contributed by atoms with Gasteiger partial charge in [-0.25, -0.2) is 0 Å². The maximum absolute atomic E-state index is 9.73. The Morgan fingerprint density at radius 3 is 2.22 bits per heavy atom. The number of ether oxygens (including phenoxy) is 1. The van der Waals surface area contributed by atoms with E-state index in [1.807, 2.05) is 0 Å². The van der Waals surface area contributed by atoms with Gasteiger partial charge >= 0.3 is 0 Å². The number of rotatable bonds is 11. The topological polar surface area (TPSA) is 61.7 Å². The van der Waals surface area contributed by atoms with Crippen LogP contribution in [0, 0.1) is 11.3 Å². The van der Waals surface area contributed by atoms with Gasteiger partial charge in [-0.3, -0.25) is 0 Å². The zero-order valence-corrected chi connectivity index (χ0v) is 12.4. The molecule has 18 heavy (non-hydrogen) atoms. The molecule has 0 aliphatic carbocycles. The molecule has 0 aromatic heterocycles. The Morgan fingerprint density at radius 1 is 1.17 bits per heavy atom. The Labute approximate surface area is 112 Å². The summed E-state index contributed by atoms with van der Waals surface area (Å²) in [6, 6.07) is 0. The molecular formula is C14H31NO3. The van der Waals surface area contributed by atoms with Crippen molar-refractivity contribution in [3.63, 3.8) is 0 Å². The lowest BCUT2D eigenvalue weighted by Crippen LogP contribution is -2.40. The van der Waals surface area contributed by atoms with Crippen LogP contribution in [-0.2, 0) is 4.74 Å². The van der Waals surface area contributed by atoms with E-state index < -0.39 is 6.10 Å². The zero-order chi connectivity index (χ0) is 14.0. The van der Waals surface area contributed by atoms with Crippen molar-refractivity contribution in [2.24, 2.45) is 11.3 Å². The Hall–Kier alpha value is -0.160. The molecule has 0 amide bonds. The first kappa shape index (κ1) is 17.8. The van der Waals surface area contributed by atoms with Crippen LogP contribution in [-0.4, -0.2) is 49.2 Å². The molecule has 0 aromatic rings. The molecule has 4 nitrogen and oxygen atoms in total. The van der Waals surface area contributed by atoms with E-state index >= 15 is 0 Å². The van der Waals surface area contributed by atoms with Gasteiger partial charge in [0.1, 0.15) is 0 Å². The van der Waals surface area contributed by atoms with Crippen LogP contribution < -0.4 is 5.32 Å². The zero-order valence-electron chi connectivity index (χ0n) is 12.4. The minimum atomic E-state index is -0.478. The van der Waals surface area contributed by atoms with Gasteiger partial charge in [0.05, 0.1) is 12.7 Å². The Kier molecular flexibility index (Phi) is 9.64. The standard InChI is InChI=1S/C14H31NO3/c1-5-14(6-2,11-16)10-15-7-13(17)9-18-8-12(3)4/h12-13,15-17H,5-11H2,1-4H3. The van der Waals surface area contributed by atoms with Gasteiger partial charge in [-0.05, 0) is 18.8 Å². The fourth-order valence-electron chi connectivity index (χ4n) is 1.78. The number of hydrogen-bond acceptors (Lipinski definition) is 4. The van der Waals surface area contributed by atoms with Gasteiger partial charge in [0, 0.05) is 31.7 Å². The number of aliphatic hydroxyl groups is 2.